The molecule has 1 atom stereocenters. The van der Waals surface area contributed by atoms with Crippen molar-refractivity contribution in [3.8, 4) is 0 Å². The van der Waals surface area contributed by atoms with Crippen molar-refractivity contribution in [1.29, 1.82) is 0 Å². The summed E-state index contributed by atoms with van der Waals surface area (Å²) in [6.45, 7) is 5.52. The lowest BCUT2D eigenvalue weighted by molar-refractivity contribution is -0.122. The van der Waals surface area contributed by atoms with Crippen LogP contribution in [-0.4, -0.2) is 21.4 Å². The normalized spacial score (nSPS) is 13.4. The van der Waals surface area contributed by atoms with E-state index in [4.69, 9.17) is 5.73 Å². The first kappa shape index (κ1) is 14.3. The van der Waals surface area contributed by atoms with Gasteiger partial charge in [0.05, 0.1) is 17.1 Å². The van der Waals surface area contributed by atoms with Gasteiger partial charge in [0.2, 0.25) is 5.91 Å². The number of hydrogen-bond donors (Lipinski definition) is 4. The van der Waals surface area contributed by atoms with E-state index in [0.29, 0.717) is 0 Å². The van der Waals surface area contributed by atoms with Gasteiger partial charge in [-0.3, -0.25) is 4.79 Å². The molecule has 0 radical (unpaired) electrons. The monoisotopic (exact) mass is 276 g/mol. The Hall–Kier alpha value is -2.08. The van der Waals surface area contributed by atoms with Crippen molar-refractivity contribution in [2.45, 2.75) is 38.8 Å². The van der Waals surface area contributed by atoms with Crippen molar-refractivity contribution in [3.05, 3.63) is 34.2 Å². The number of nitrogens with one attached hydrogen (secondary N) is 3. The number of fused-ring (bicyclic) bond motifs is 1. The van der Waals surface area contributed by atoms with Gasteiger partial charge in [-0.25, -0.2) is 4.79 Å². The van der Waals surface area contributed by atoms with E-state index < -0.39 is 5.54 Å². The number of H-pyrrole nitrogens is 2. The maximum absolute atomic E-state index is 11.9. The summed E-state index contributed by atoms with van der Waals surface area (Å²) in [7, 11) is 0. The minimum absolute atomic E-state index is 0.0901. The van der Waals surface area contributed by atoms with Crippen molar-refractivity contribution < 1.29 is 4.79 Å². The molecule has 6 heteroatoms. The van der Waals surface area contributed by atoms with Crippen LogP contribution in [0.15, 0.2) is 23.0 Å². The number of imidazole rings is 1. The van der Waals surface area contributed by atoms with Gasteiger partial charge in [0.25, 0.3) is 0 Å². The zero-order chi connectivity index (χ0) is 14.9. The lowest BCUT2D eigenvalue weighted by atomic mass is 10.0. The van der Waals surface area contributed by atoms with Crippen molar-refractivity contribution in [3.63, 3.8) is 0 Å². The van der Waals surface area contributed by atoms with Gasteiger partial charge in [-0.05, 0) is 38.5 Å². The smallest absolute Gasteiger partial charge is 0.323 e. The largest absolute Gasteiger partial charge is 0.350 e. The Balaban J connectivity index is 2.12. The molecule has 0 aliphatic carbocycles. The van der Waals surface area contributed by atoms with Gasteiger partial charge in [0.1, 0.15) is 0 Å². The van der Waals surface area contributed by atoms with E-state index in [2.05, 4.69) is 15.3 Å². The van der Waals surface area contributed by atoms with Gasteiger partial charge in [0, 0.05) is 12.0 Å². The van der Waals surface area contributed by atoms with Crippen LogP contribution in [0.5, 0.6) is 0 Å². The van der Waals surface area contributed by atoms with Gasteiger partial charge in [-0.1, -0.05) is 6.07 Å². The molecule has 6 nitrogen and oxygen atoms in total. The SMILES string of the molecule is CC(NC(=O)CC(C)(C)N)c1ccc2[nH]c(=O)[nH]c2c1. The third kappa shape index (κ3) is 3.48. The number of aromatic amines is 2. The van der Waals surface area contributed by atoms with E-state index >= 15 is 0 Å². The van der Waals surface area contributed by atoms with Crippen LogP contribution in [0.2, 0.25) is 0 Å². The molecule has 1 amide bonds. The molecule has 20 heavy (non-hydrogen) atoms. The zero-order valence-electron chi connectivity index (χ0n) is 11.9. The fourth-order valence-electron chi connectivity index (χ4n) is 2.11. The number of carbonyl (C=O) groups excluding carboxylic acids is 1. The van der Waals surface area contributed by atoms with E-state index in [1.54, 1.807) is 0 Å². The molecule has 1 aromatic heterocycles. The molecule has 0 aliphatic heterocycles. The maximum atomic E-state index is 11.9. The fraction of sp³-hybridized carbons (Fsp3) is 0.429. The number of nitrogens with two attached hydrogens (primary N) is 1. The van der Waals surface area contributed by atoms with E-state index in [1.165, 1.54) is 0 Å². The summed E-state index contributed by atoms with van der Waals surface area (Å²) < 4.78 is 0. The van der Waals surface area contributed by atoms with E-state index in [9.17, 15) is 9.59 Å². The highest BCUT2D eigenvalue weighted by atomic mass is 16.2. The number of benzene rings is 1. The summed E-state index contributed by atoms with van der Waals surface area (Å²) in [4.78, 5) is 28.4. The van der Waals surface area contributed by atoms with Crippen molar-refractivity contribution in [2.24, 2.45) is 5.73 Å². The van der Waals surface area contributed by atoms with Gasteiger partial charge in [-0.15, -0.1) is 0 Å². The molecule has 2 rings (SSSR count). The average Bonchev–Trinajstić information content (AvgIpc) is 2.64. The number of amides is 1. The third-order valence-electron chi connectivity index (χ3n) is 3.03. The molecule has 5 N–H and O–H groups in total. The molecule has 0 bridgehead atoms. The minimum atomic E-state index is -0.528. The lowest BCUT2D eigenvalue weighted by Gasteiger charge is -2.20. The topological polar surface area (TPSA) is 104 Å². The second-order valence-electron chi connectivity index (χ2n) is 5.84. The predicted octanol–water partition coefficient (Wildman–Crippen LogP) is 1.16. The second kappa shape index (κ2) is 5.13. The van der Waals surface area contributed by atoms with Crippen LogP contribution >= 0.6 is 0 Å². The molecule has 0 spiro atoms. The molecule has 108 valence electrons. The number of aromatic nitrogens is 2. The van der Waals surface area contributed by atoms with Crippen molar-refractivity contribution >= 4 is 16.9 Å². The quantitative estimate of drug-likeness (QED) is 0.673. The Kier molecular flexibility index (Phi) is 3.67. The van der Waals surface area contributed by atoms with Crippen LogP contribution in [-0.2, 0) is 4.79 Å². The molecular weight excluding hydrogens is 256 g/mol. The molecule has 0 aliphatic rings. The maximum Gasteiger partial charge on any atom is 0.323 e. The lowest BCUT2D eigenvalue weighted by Crippen LogP contribution is -2.39. The number of hydrogen-bond acceptors (Lipinski definition) is 3. The third-order valence-corrected chi connectivity index (χ3v) is 3.03. The van der Waals surface area contributed by atoms with Crippen LogP contribution in [0, 0.1) is 0 Å². The van der Waals surface area contributed by atoms with E-state index in [0.717, 1.165) is 16.6 Å². The molecule has 1 unspecified atom stereocenters. The molecule has 0 fully saturated rings. The molecule has 1 heterocycles. The predicted molar refractivity (Wildman–Crippen MR) is 78.4 cm³/mol. The van der Waals surface area contributed by atoms with Crippen LogP contribution in [0.4, 0.5) is 0 Å². The Morgan fingerprint density at radius 2 is 2.00 bits per heavy atom. The Labute approximate surface area is 116 Å². The molecule has 2 aromatic rings. The van der Waals surface area contributed by atoms with Crippen LogP contribution in [0.1, 0.15) is 38.8 Å². The number of rotatable bonds is 4. The molecular formula is C14H20N4O2. The van der Waals surface area contributed by atoms with Crippen molar-refractivity contribution in [2.75, 3.05) is 0 Å². The highest BCUT2D eigenvalue weighted by Gasteiger charge is 2.18. The van der Waals surface area contributed by atoms with Crippen LogP contribution in [0.3, 0.4) is 0 Å². The summed E-state index contributed by atoms with van der Waals surface area (Å²) in [6, 6.07) is 5.40. The summed E-state index contributed by atoms with van der Waals surface area (Å²) in [5, 5.41) is 2.90. The first-order chi connectivity index (χ1) is 9.24. The van der Waals surface area contributed by atoms with Gasteiger partial charge in [0.15, 0.2) is 0 Å². The van der Waals surface area contributed by atoms with Gasteiger partial charge in [-0.2, -0.15) is 0 Å². The molecule has 0 saturated carbocycles. The first-order valence-electron chi connectivity index (χ1n) is 6.55. The Bertz CT molecular complexity index is 678. The highest BCUT2D eigenvalue weighted by Crippen LogP contribution is 2.17. The van der Waals surface area contributed by atoms with Gasteiger partial charge >= 0.3 is 5.69 Å². The average molecular weight is 276 g/mol. The Morgan fingerprint density at radius 1 is 1.35 bits per heavy atom. The summed E-state index contributed by atoms with van der Waals surface area (Å²) in [5.74, 6) is -0.0901. The summed E-state index contributed by atoms with van der Waals surface area (Å²) in [5.41, 5.74) is 7.46. The fourth-order valence-corrected chi connectivity index (χ4v) is 2.11. The van der Waals surface area contributed by atoms with Crippen LogP contribution < -0.4 is 16.7 Å². The highest BCUT2D eigenvalue weighted by molar-refractivity contribution is 5.78. The first-order valence-corrected chi connectivity index (χ1v) is 6.55. The minimum Gasteiger partial charge on any atom is -0.350 e. The van der Waals surface area contributed by atoms with Gasteiger partial charge < -0.3 is 21.0 Å². The summed E-state index contributed by atoms with van der Waals surface area (Å²) in [6.07, 6.45) is 0.264. The number of carbonyl (C=O) groups is 1. The zero-order valence-corrected chi connectivity index (χ0v) is 11.9. The van der Waals surface area contributed by atoms with E-state index in [1.807, 2.05) is 39.0 Å². The standard InChI is InChI=1S/C14H20N4O2/c1-8(16-12(19)7-14(2,3)15)9-4-5-10-11(6-9)18-13(20)17-10/h4-6,8H,7,15H2,1-3H3,(H,16,19)(H2,17,18,20). The second-order valence-corrected chi connectivity index (χ2v) is 5.84. The molecule has 0 saturated heterocycles. The Morgan fingerprint density at radius 3 is 2.65 bits per heavy atom. The molecule has 1 aromatic carbocycles. The van der Waals surface area contributed by atoms with E-state index in [-0.39, 0.29) is 24.1 Å². The summed E-state index contributed by atoms with van der Waals surface area (Å²) >= 11 is 0. The van der Waals surface area contributed by atoms with Crippen LogP contribution in [0.25, 0.3) is 11.0 Å². The van der Waals surface area contributed by atoms with Crippen molar-refractivity contribution in [1.82, 2.24) is 15.3 Å².